The molecule has 42 heavy (non-hydrogen) atoms. The third-order valence-corrected chi connectivity index (χ3v) is 6.96. The number of benzene rings is 3. The fraction of sp³-hybridized carbons (Fsp3) is 0.129. The number of hydrogen-bond acceptors (Lipinski definition) is 7. The van der Waals surface area contributed by atoms with Crippen LogP contribution in [0.3, 0.4) is 0 Å². The maximum atomic E-state index is 13.3. The van der Waals surface area contributed by atoms with Crippen molar-refractivity contribution < 1.29 is 13.2 Å². The fourth-order valence-corrected chi connectivity index (χ4v) is 4.77. The van der Waals surface area contributed by atoms with Crippen molar-refractivity contribution in [1.29, 1.82) is 0 Å². The number of hydrogen-bond donors (Lipinski definition) is 2. The lowest BCUT2D eigenvalue weighted by Crippen LogP contribution is -2.13. The Morgan fingerprint density at radius 3 is 2.48 bits per heavy atom. The molecule has 1 atom stereocenters. The second kappa shape index (κ2) is 10.6. The molecule has 0 amide bonds. The number of aryl methyl sites for hydroxylation is 1. The summed E-state index contributed by atoms with van der Waals surface area (Å²) < 4.78 is 41.9. The second-order valence-electron chi connectivity index (χ2n) is 9.86. The minimum absolute atomic E-state index is 0.183. The average Bonchev–Trinajstić information content (AvgIpc) is 3.40. The highest BCUT2D eigenvalue weighted by Crippen LogP contribution is 2.32. The summed E-state index contributed by atoms with van der Waals surface area (Å²) in [5.74, 6) is 0.997. The third-order valence-electron chi connectivity index (χ3n) is 6.96. The number of anilines is 2. The van der Waals surface area contributed by atoms with E-state index in [9.17, 15) is 13.2 Å². The summed E-state index contributed by atoms with van der Waals surface area (Å²) in [6, 6.07) is 21.9. The summed E-state index contributed by atoms with van der Waals surface area (Å²) in [6.45, 7) is 3.76. The first-order valence-electron chi connectivity index (χ1n) is 13.1. The number of fused-ring (bicyclic) bond motifs is 1. The van der Waals surface area contributed by atoms with E-state index in [2.05, 4.69) is 20.3 Å². The summed E-state index contributed by atoms with van der Waals surface area (Å²) in [5.41, 5.74) is 11.1. The van der Waals surface area contributed by atoms with Gasteiger partial charge in [0.15, 0.2) is 0 Å². The highest BCUT2D eigenvalue weighted by Gasteiger charge is 2.30. The molecule has 3 heterocycles. The molecule has 6 aromatic rings. The van der Waals surface area contributed by atoms with Crippen LogP contribution < -0.4 is 11.1 Å². The second-order valence-corrected chi connectivity index (χ2v) is 9.86. The summed E-state index contributed by atoms with van der Waals surface area (Å²) >= 11 is 0. The fourth-order valence-electron chi connectivity index (χ4n) is 4.77. The van der Waals surface area contributed by atoms with E-state index in [0.717, 1.165) is 34.3 Å². The molecule has 8 nitrogen and oxygen atoms in total. The van der Waals surface area contributed by atoms with Crippen LogP contribution in [0, 0.1) is 6.92 Å². The van der Waals surface area contributed by atoms with Crippen LogP contribution >= 0.6 is 0 Å². The maximum Gasteiger partial charge on any atom is 0.416 e. The van der Waals surface area contributed by atoms with E-state index in [1.165, 1.54) is 6.07 Å². The number of nitrogen functional groups attached to an aromatic ring is 1. The summed E-state index contributed by atoms with van der Waals surface area (Å²) in [4.78, 5) is 22.3. The number of nitrogens with two attached hydrogens (primary N) is 1. The van der Waals surface area contributed by atoms with Crippen molar-refractivity contribution in [2.45, 2.75) is 26.1 Å². The Hall–Kier alpha value is -5.32. The quantitative estimate of drug-likeness (QED) is 0.223. The van der Waals surface area contributed by atoms with Gasteiger partial charge in [0, 0.05) is 23.4 Å². The zero-order valence-corrected chi connectivity index (χ0v) is 22.6. The summed E-state index contributed by atoms with van der Waals surface area (Å²) in [6.07, 6.45) is -1.16. The predicted molar refractivity (Wildman–Crippen MR) is 156 cm³/mol. The van der Waals surface area contributed by atoms with Crippen LogP contribution in [0.25, 0.3) is 39.4 Å². The highest BCUT2D eigenvalue weighted by molar-refractivity contribution is 5.83. The zero-order chi connectivity index (χ0) is 29.4. The molecule has 0 aliphatic carbocycles. The highest BCUT2D eigenvalue weighted by atomic mass is 19.4. The minimum Gasteiger partial charge on any atom is -0.368 e. The van der Waals surface area contributed by atoms with Crippen LogP contribution in [0.15, 0.2) is 91.4 Å². The van der Waals surface area contributed by atoms with Crippen molar-refractivity contribution in [3.8, 4) is 28.3 Å². The Labute approximate surface area is 239 Å². The Balaban J connectivity index is 1.42. The standard InChI is InChI=1S/C31H25F3N8/c1-18-6-3-4-9-23(18)25-16-28(41-30(40-25)38-19(2)20-7-5-8-22(14-20)31(32,33)34)42-17-37-26-15-21(10-11-27(26)42)24-12-13-36-29(35)39-24/h3-17,19H,1-2H3,(H2,35,36,39)(H,38,40,41)/t19-/m0/s1. The Morgan fingerprint density at radius 2 is 1.69 bits per heavy atom. The first-order valence-corrected chi connectivity index (χ1v) is 13.1. The molecule has 0 bridgehead atoms. The average molecular weight is 567 g/mol. The van der Waals surface area contributed by atoms with Gasteiger partial charge in [0.05, 0.1) is 34.0 Å². The third kappa shape index (κ3) is 5.36. The molecule has 210 valence electrons. The monoisotopic (exact) mass is 566 g/mol. The van der Waals surface area contributed by atoms with E-state index in [1.807, 2.05) is 60.0 Å². The molecule has 0 unspecified atom stereocenters. The van der Waals surface area contributed by atoms with Crippen LogP contribution in [0.2, 0.25) is 0 Å². The van der Waals surface area contributed by atoms with Gasteiger partial charge in [-0.1, -0.05) is 42.5 Å². The number of imidazole rings is 1. The molecule has 0 aliphatic rings. The van der Waals surface area contributed by atoms with Gasteiger partial charge in [-0.2, -0.15) is 18.2 Å². The van der Waals surface area contributed by atoms with Gasteiger partial charge in [-0.05, 0) is 55.3 Å². The van der Waals surface area contributed by atoms with E-state index in [4.69, 9.17) is 15.7 Å². The number of halogens is 3. The normalized spacial score (nSPS) is 12.4. The smallest absolute Gasteiger partial charge is 0.368 e. The lowest BCUT2D eigenvalue weighted by Gasteiger charge is -2.18. The molecule has 11 heteroatoms. The number of nitrogens with one attached hydrogen (secondary N) is 1. The Morgan fingerprint density at radius 1 is 0.857 bits per heavy atom. The van der Waals surface area contributed by atoms with Crippen molar-refractivity contribution in [3.05, 3.63) is 108 Å². The van der Waals surface area contributed by atoms with E-state index >= 15 is 0 Å². The Bertz CT molecular complexity index is 1920. The van der Waals surface area contributed by atoms with Crippen LogP contribution in [-0.2, 0) is 6.18 Å². The first-order chi connectivity index (χ1) is 20.2. The van der Waals surface area contributed by atoms with Gasteiger partial charge in [0.2, 0.25) is 11.9 Å². The maximum absolute atomic E-state index is 13.3. The van der Waals surface area contributed by atoms with E-state index < -0.39 is 17.8 Å². The van der Waals surface area contributed by atoms with Crippen molar-refractivity contribution >= 4 is 22.9 Å². The van der Waals surface area contributed by atoms with Gasteiger partial charge in [-0.3, -0.25) is 4.57 Å². The molecule has 0 saturated carbocycles. The van der Waals surface area contributed by atoms with Gasteiger partial charge in [-0.25, -0.2) is 19.9 Å². The van der Waals surface area contributed by atoms with Crippen LogP contribution in [0.4, 0.5) is 25.1 Å². The molecule has 0 aliphatic heterocycles. The first kappa shape index (κ1) is 26.9. The van der Waals surface area contributed by atoms with Crippen molar-refractivity contribution in [3.63, 3.8) is 0 Å². The van der Waals surface area contributed by atoms with Crippen LogP contribution in [-0.4, -0.2) is 29.5 Å². The molecule has 0 radical (unpaired) electrons. The summed E-state index contributed by atoms with van der Waals surface area (Å²) in [7, 11) is 0. The summed E-state index contributed by atoms with van der Waals surface area (Å²) in [5, 5.41) is 3.20. The molecular weight excluding hydrogens is 541 g/mol. The van der Waals surface area contributed by atoms with Crippen molar-refractivity contribution in [1.82, 2.24) is 29.5 Å². The van der Waals surface area contributed by atoms with Gasteiger partial charge in [0.1, 0.15) is 12.1 Å². The van der Waals surface area contributed by atoms with E-state index in [-0.39, 0.29) is 11.9 Å². The minimum atomic E-state index is -4.44. The van der Waals surface area contributed by atoms with Crippen molar-refractivity contribution in [2.24, 2.45) is 0 Å². The molecule has 6 rings (SSSR count). The Kier molecular flexibility index (Phi) is 6.77. The number of alkyl halides is 3. The predicted octanol–water partition coefficient (Wildman–Crippen LogP) is 7.02. The molecule has 3 aromatic carbocycles. The lowest BCUT2D eigenvalue weighted by atomic mass is 10.0. The van der Waals surface area contributed by atoms with Gasteiger partial charge in [0.25, 0.3) is 0 Å². The number of nitrogens with zero attached hydrogens (tertiary/aromatic N) is 6. The number of aromatic nitrogens is 6. The topological polar surface area (TPSA) is 107 Å². The van der Waals surface area contributed by atoms with Gasteiger partial charge < -0.3 is 11.1 Å². The van der Waals surface area contributed by atoms with Gasteiger partial charge >= 0.3 is 6.18 Å². The molecule has 0 saturated heterocycles. The van der Waals surface area contributed by atoms with Crippen LogP contribution in [0.1, 0.15) is 29.7 Å². The molecular formula is C31H25F3N8. The van der Waals surface area contributed by atoms with E-state index in [0.29, 0.717) is 28.3 Å². The molecule has 3 aromatic heterocycles. The SMILES string of the molecule is Cc1ccccc1-c1cc(-n2cnc3cc(-c4ccnc(N)n4)ccc32)nc(N[C@@H](C)c2cccc(C(F)(F)F)c2)n1. The van der Waals surface area contributed by atoms with E-state index in [1.54, 1.807) is 31.6 Å². The van der Waals surface area contributed by atoms with Crippen LogP contribution in [0.5, 0.6) is 0 Å². The molecule has 3 N–H and O–H groups in total. The number of rotatable bonds is 6. The lowest BCUT2D eigenvalue weighted by molar-refractivity contribution is -0.137. The largest absolute Gasteiger partial charge is 0.416 e. The van der Waals surface area contributed by atoms with Gasteiger partial charge in [-0.15, -0.1) is 0 Å². The zero-order valence-electron chi connectivity index (χ0n) is 22.6. The molecule has 0 spiro atoms. The van der Waals surface area contributed by atoms with Crippen molar-refractivity contribution in [2.75, 3.05) is 11.1 Å². The molecule has 0 fully saturated rings.